The maximum Gasteiger partial charge on any atom is 0.226 e. The number of rotatable bonds is 6. The van der Waals surface area contributed by atoms with Crippen LogP contribution in [0.2, 0.25) is 5.02 Å². The Bertz CT molecular complexity index is 818. The minimum atomic E-state index is -0.237. The predicted octanol–water partition coefficient (Wildman–Crippen LogP) is 4.91. The van der Waals surface area contributed by atoms with Gasteiger partial charge in [-0.05, 0) is 37.5 Å². The maximum absolute atomic E-state index is 12.1. The molecule has 6 nitrogen and oxygen atoms in total. The van der Waals surface area contributed by atoms with Gasteiger partial charge in [0.1, 0.15) is 5.01 Å². The van der Waals surface area contributed by atoms with Crippen LogP contribution in [0.4, 0.5) is 10.8 Å². The van der Waals surface area contributed by atoms with Gasteiger partial charge in [-0.1, -0.05) is 48.3 Å². The van der Waals surface area contributed by atoms with Crippen LogP contribution in [0.5, 0.6) is 0 Å². The lowest BCUT2D eigenvalue weighted by Crippen LogP contribution is -2.17. The Morgan fingerprint density at radius 3 is 2.56 bits per heavy atom. The number of hydrogen-bond acceptors (Lipinski definition) is 5. The second kappa shape index (κ2) is 9.28. The summed E-state index contributed by atoms with van der Waals surface area (Å²) in [6.07, 6.45) is 6.21. The number of nitrogens with one attached hydrogen (secondary N) is 2. The minimum absolute atomic E-state index is 0.0871. The predicted molar refractivity (Wildman–Crippen MR) is 108 cm³/mol. The lowest BCUT2D eigenvalue weighted by atomic mass is 9.90. The van der Waals surface area contributed by atoms with E-state index in [0.29, 0.717) is 21.8 Å². The molecule has 144 valence electrons. The van der Waals surface area contributed by atoms with Gasteiger partial charge in [0.05, 0.1) is 0 Å². The third kappa shape index (κ3) is 5.49. The summed E-state index contributed by atoms with van der Waals surface area (Å²) < 4.78 is 0. The highest BCUT2D eigenvalue weighted by atomic mass is 35.5. The van der Waals surface area contributed by atoms with Crippen molar-refractivity contribution in [2.45, 2.75) is 57.8 Å². The SMILES string of the molecule is Cc1c(Cl)cccc1NC(=O)CCC(=O)Nc1nnc(C2CCCCC2)s1. The molecule has 0 saturated heterocycles. The van der Waals surface area contributed by atoms with Crippen molar-refractivity contribution < 1.29 is 9.59 Å². The maximum atomic E-state index is 12.1. The zero-order valence-corrected chi connectivity index (χ0v) is 16.8. The van der Waals surface area contributed by atoms with Crippen LogP contribution in [0.25, 0.3) is 0 Å². The van der Waals surface area contributed by atoms with E-state index in [-0.39, 0.29) is 24.7 Å². The third-order valence-corrected chi connectivity index (χ3v) is 6.17. The summed E-state index contributed by atoms with van der Waals surface area (Å²) in [6, 6.07) is 5.33. The van der Waals surface area contributed by atoms with Crippen LogP contribution in [-0.4, -0.2) is 22.0 Å². The smallest absolute Gasteiger partial charge is 0.226 e. The Kier molecular flexibility index (Phi) is 6.79. The zero-order valence-electron chi connectivity index (χ0n) is 15.3. The number of halogens is 1. The molecule has 0 spiro atoms. The highest BCUT2D eigenvalue weighted by molar-refractivity contribution is 7.15. The molecule has 8 heteroatoms. The van der Waals surface area contributed by atoms with E-state index in [1.54, 1.807) is 18.2 Å². The van der Waals surface area contributed by atoms with Gasteiger partial charge < -0.3 is 10.6 Å². The molecule has 1 aromatic heterocycles. The van der Waals surface area contributed by atoms with E-state index >= 15 is 0 Å². The molecular formula is C19H23ClN4O2S. The van der Waals surface area contributed by atoms with Crippen molar-refractivity contribution in [3.05, 3.63) is 33.8 Å². The fraction of sp³-hybridized carbons (Fsp3) is 0.474. The van der Waals surface area contributed by atoms with Crippen LogP contribution in [-0.2, 0) is 9.59 Å². The Morgan fingerprint density at radius 2 is 1.81 bits per heavy atom. The van der Waals surface area contributed by atoms with E-state index in [1.165, 1.54) is 30.6 Å². The van der Waals surface area contributed by atoms with Crippen LogP contribution in [0.15, 0.2) is 18.2 Å². The van der Waals surface area contributed by atoms with Crippen LogP contribution in [0.3, 0.4) is 0 Å². The molecule has 1 heterocycles. The van der Waals surface area contributed by atoms with Gasteiger partial charge in [0.15, 0.2) is 0 Å². The summed E-state index contributed by atoms with van der Waals surface area (Å²) in [4.78, 5) is 24.2. The molecule has 27 heavy (non-hydrogen) atoms. The van der Waals surface area contributed by atoms with Gasteiger partial charge in [-0.3, -0.25) is 9.59 Å². The van der Waals surface area contributed by atoms with E-state index in [9.17, 15) is 9.59 Å². The van der Waals surface area contributed by atoms with Crippen LogP contribution in [0, 0.1) is 6.92 Å². The Labute approximate surface area is 167 Å². The second-order valence-electron chi connectivity index (χ2n) is 6.79. The average molecular weight is 407 g/mol. The minimum Gasteiger partial charge on any atom is -0.326 e. The van der Waals surface area contributed by atoms with Crippen molar-refractivity contribution in [3.63, 3.8) is 0 Å². The number of carbonyl (C=O) groups excluding carboxylic acids is 2. The summed E-state index contributed by atoms with van der Waals surface area (Å²) in [6.45, 7) is 1.84. The average Bonchev–Trinajstić information content (AvgIpc) is 3.13. The van der Waals surface area contributed by atoms with Gasteiger partial charge in [-0.2, -0.15) is 0 Å². The molecule has 3 rings (SSSR count). The number of benzene rings is 1. The van der Waals surface area contributed by atoms with Gasteiger partial charge in [0.2, 0.25) is 16.9 Å². The monoisotopic (exact) mass is 406 g/mol. The van der Waals surface area contributed by atoms with E-state index in [0.717, 1.165) is 23.4 Å². The van der Waals surface area contributed by atoms with Gasteiger partial charge in [0, 0.05) is 29.5 Å². The topological polar surface area (TPSA) is 84.0 Å². The molecular weight excluding hydrogens is 384 g/mol. The van der Waals surface area contributed by atoms with Crippen molar-refractivity contribution >= 4 is 45.6 Å². The molecule has 0 unspecified atom stereocenters. The van der Waals surface area contributed by atoms with Crippen molar-refractivity contribution in [2.24, 2.45) is 0 Å². The third-order valence-electron chi connectivity index (χ3n) is 4.76. The van der Waals surface area contributed by atoms with Crippen LogP contribution in [0.1, 0.15) is 61.4 Å². The van der Waals surface area contributed by atoms with Gasteiger partial charge in [-0.25, -0.2) is 0 Å². The highest BCUT2D eigenvalue weighted by Gasteiger charge is 2.20. The van der Waals surface area contributed by atoms with Crippen LogP contribution < -0.4 is 10.6 Å². The Morgan fingerprint density at radius 1 is 1.11 bits per heavy atom. The first-order chi connectivity index (χ1) is 13.0. The lowest BCUT2D eigenvalue weighted by molar-refractivity contribution is -0.121. The molecule has 0 radical (unpaired) electrons. The van der Waals surface area contributed by atoms with Crippen molar-refractivity contribution in [1.29, 1.82) is 0 Å². The summed E-state index contributed by atoms with van der Waals surface area (Å²) in [7, 11) is 0. The molecule has 2 N–H and O–H groups in total. The van der Waals surface area contributed by atoms with Crippen LogP contribution >= 0.6 is 22.9 Å². The molecule has 0 atom stereocenters. The van der Waals surface area contributed by atoms with Crippen molar-refractivity contribution in [1.82, 2.24) is 10.2 Å². The quantitative estimate of drug-likeness (QED) is 0.714. The number of aromatic nitrogens is 2. The standard InChI is InChI=1S/C19H23ClN4O2S/c1-12-14(20)8-5-9-15(12)21-16(25)10-11-17(26)22-19-24-23-18(27-19)13-6-3-2-4-7-13/h5,8-9,13H,2-4,6-7,10-11H2,1H3,(H,21,25)(H,22,24,26). The molecule has 1 aliphatic carbocycles. The lowest BCUT2D eigenvalue weighted by Gasteiger charge is -2.18. The molecule has 1 saturated carbocycles. The zero-order chi connectivity index (χ0) is 19.2. The number of hydrogen-bond donors (Lipinski definition) is 2. The summed E-state index contributed by atoms with van der Waals surface area (Å²) >= 11 is 7.48. The number of anilines is 2. The van der Waals surface area contributed by atoms with E-state index < -0.39 is 0 Å². The molecule has 1 aliphatic rings. The molecule has 0 bridgehead atoms. The van der Waals surface area contributed by atoms with Gasteiger partial charge in [0.25, 0.3) is 0 Å². The highest BCUT2D eigenvalue weighted by Crippen LogP contribution is 2.35. The van der Waals surface area contributed by atoms with Crippen molar-refractivity contribution in [3.8, 4) is 0 Å². The van der Waals surface area contributed by atoms with E-state index in [1.807, 2.05) is 6.92 Å². The van der Waals surface area contributed by atoms with Gasteiger partial charge in [-0.15, -0.1) is 10.2 Å². The fourth-order valence-corrected chi connectivity index (χ4v) is 4.27. The Hall–Kier alpha value is -1.99. The summed E-state index contributed by atoms with van der Waals surface area (Å²) in [5, 5.41) is 15.9. The summed E-state index contributed by atoms with van der Waals surface area (Å²) in [5.74, 6) is 0.00333. The second-order valence-corrected chi connectivity index (χ2v) is 8.21. The molecule has 1 fully saturated rings. The summed E-state index contributed by atoms with van der Waals surface area (Å²) in [5.41, 5.74) is 1.47. The first-order valence-corrected chi connectivity index (χ1v) is 10.4. The Balaban J connectivity index is 1.46. The molecule has 1 aromatic carbocycles. The first kappa shape index (κ1) is 19.8. The van der Waals surface area contributed by atoms with Gasteiger partial charge >= 0.3 is 0 Å². The normalized spacial score (nSPS) is 14.7. The first-order valence-electron chi connectivity index (χ1n) is 9.21. The number of nitrogens with zero attached hydrogens (tertiary/aromatic N) is 2. The number of amides is 2. The molecule has 0 aliphatic heterocycles. The number of carbonyl (C=O) groups is 2. The largest absolute Gasteiger partial charge is 0.326 e. The fourth-order valence-electron chi connectivity index (χ4n) is 3.16. The molecule has 2 amide bonds. The van der Waals surface area contributed by atoms with E-state index in [2.05, 4.69) is 20.8 Å². The molecule has 2 aromatic rings. The van der Waals surface area contributed by atoms with E-state index in [4.69, 9.17) is 11.6 Å². The van der Waals surface area contributed by atoms with Crippen molar-refractivity contribution in [2.75, 3.05) is 10.6 Å².